The van der Waals surface area contributed by atoms with Crippen molar-refractivity contribution in [2.45, 2.75) is 13.0 Å². The third-order valence-corrected chi connectivity index (χ3v) is 5.59. The number of fused-ring (bicyclic) bond motifs is 1. The van der Waals surface area contributed by atoms with Crippen molar-refractivity contribution in [3.63, 3.8) is 0 Å². The minimum absolute atomic E-state index is 0. The molecule has 4 rings (SSSR count). The quantitative estimate of drug-likeness (QED) is 0.640. The van der Waals surface area contributed by atoms with Crippen LogP contribution in [-0.2, 0) is 9.53 Å². The highest BCUT2D eigenvalue weighted by molar-refractivity contribution is 5.95. The maximum atomic E-state index is 12.9. The van der Waals surface area contributed by atoms with Crippen LogP contribution in [0.25, 0.3) is 23.1 Å². The van der Waals surface area contributed by atoms with Gasteiger partial charge in [0.05, 0.1) is 11.2 Å². The fourth-order valence-electron chi connectivity index (χ4n) is 3.93. The number of aromatic amines is 1. The van der Waals surface area contributed by atoms with E-state index in [4.69, 9.17) is 4.74 Å². The SMILES string of the molecule is COCC(=O)N1CCN(C(=O)c2ccc(/C=C/c3n[nH]c4ccccc34)cc2)C[C@@H]1C.Cl. The van der Waals surface area contributed by atoms with E-state index in [-0.39, 0.29) is 36.9 Å². The topological polar surface area (TPSA) is 78.5 Å². The van der Waals surface area contributed by atoms with Gasteiger partial charge in [0.1, 0.15) is 6.61 Å². The van der Waals surface area contributed by atoms with Crippen LogP contribution < -0.4 is 0 Å². The largest absolute Gasteiger partial charge is 0.375 e. The van der Waals surface area contributed by atoms with Gasteiger partial charge in [-0.3, -0.25) is 14.7 Å². The van der Waals surface area contributed by atoms with Crippen molar-refractivity contribution in [2.24, 2.45) is 0 Å². The Hall–Kier alpha value is -3.16. The number of para-hydroxylation sites is 1. The number of nitrogens with one attached hydrogen (secondary N) is 1. The Morgan fingerprint density at radius 1 is 1.12 bits per heavy atom. The standard InChI is InChI=1S/C24H26N4O3.ClH/c1-17-15-27(13-14-28(17)23(29)16-31-2)24(30)19-10-7-18(8-11-19)9-12-22-20-5-3-4-6-21(20)25-26-22;/h3-12,17H,13-16H2,1-2H3,(H,25,26);1H/b12-9+;/t17-;/m0./s1. The first-order valence-corrected chi connectivity index (χ1v) is 10.4. The third-order valence-electron chi connectivity index (χ3n) is 5.59. The summed E-state index contributed by atoms with van der Waals surface area (Å²) in [6.45, 7) is 3.59. The summed E-state index contributed by atoms with van der Waals surface area (Å²) in [6, 6.07) is 15.5. The molecule has 1 fully saturated rings. The number of nitrogens with zero attached hydrogens (tertiary/aromatic N) is 3. The van der Waals surface area contributed by atoms with Crippen LogP contribution in [0.1, 0.15) is 28.5 Å². The first-order chi connectivity index (χ1) is 15.1. The molecule has 0 bridgehead atoms. The average Bonchev–Trinajstić information content (AvgIpc) is 3.21. The Kier molecular flexibility index (Phi) is 7.66. The third kappa shape index (κ3) is 5.00. The molecule has 0 spiro atoms. The zero-order valence-electron chi connectivity index (χ0n) is 18.2. The van der Waals surface area contributed by atoms with E-state index in [1.807, 2.05) is 72.5 Å². The second-order valence-corrected chi connectivity index (χ2v) is 7.73. The predicted molar refractivity (Wildman–Crippen MR) is 128 cm³/mol. The van der Waals surface area contributed by atoms with Crippen LogP contribution >= 0.6 is 12.4 Å². The molecule has 1 aliphatic heterocycles. The summed E-state index contributed by atoms with van der Waals surface area (Å²) in [7, 11) is 1.51. The predicted octanol–water partition coefficient (Wildman–Crippen LogP) is 3.47. The van der Waals surface area contributed by atoms with Gasteiger partial charge in [-0.25, -0.2) is 0 Å². The van der Waals surface area contributed by atoms with E-state index in [0.29, 0.717) is 25.2 Å². The Bertz CT molecular complexity index is 1110. The maximum absolute atomic E-state index is 12.9. The number of benzene rings is 2. The van der Waals surface area contributed by atoms with Crippen molar-refractivity contribution < 1.29 is 14.3 Å². The number of hydrogen-bond donors (Lipinski definition) is 1. The summed E-state index contributed by atoms with van der Waals surface area (Å²) in [5.41, 5.74) is 3.52. The van der Waals surface area contributed by atoms with E-state index in [9.17, 15) is 9.59 Å². The Morgan fingerprint density at radius 3 is 2.59 bits per heavy atom. The zero-order valence-corrected chi connectivity index (χ0v) is 19.0. The van der Waals surface area contributed by atoms with Gasteiger partial charge >= 0.3 is 0 Å². The normalized spacial score (nSPS) is 16.4. The molecule has 1 saturated heterocycles. The van der Waals surface area contributed by atoms with Crippen LogP contribution in [0.5, 0.6) is 0 Å². The van der Waals surface area contributed by atoms with Crippen molar-refractivity contribution in [1.29, 1.82) is 0 Å². The second-order valence-electron chi connectivity index (χ2n) is 7.73. The number of ether oxygens (including phenoxy) is 1. The van der Waals surface area contributed by atoms with Crippen LogP contribution in [-0.4, -0.2) is 71.2 Å². The molecule has 2 amide bonds. The van der Waals surface area contributed by atoms with Gasteiger partial charge in [0.15, 0.2) is 0 Å². The number of amides is 2. The van der Waals surface area contributed by atoms with Gasteiger partial charge in [0.2, 0.25) is 5.91 Å². The van der Waals surface area contributed by atoms with Gasteiger partial charge in [-0.05, 0) is 36.8 Å². The molecule has 0 unspecified atom stereocenters. The molecular weight excluding hydrogens is 428 g/mol. The number of halogens is 1. The van der Waals surface area contributed by atoms with Crippen molar-refractivity contribution in [1.82, 2.24) is 20.0 Å². The minimum atomic E-state index is -0.0390. The highest BCUT2D eigenvalue weighted by atomic mass is 35.5. The summed E-state index contributed by atoms with van der Waals surface area (Å²) < 4.78 is 4.94. The zero-order chi connectivity index (χ0) is 21.8. The number of methoxy groups -OCH3 is 1. The molecule has 1 N–H and O–H groups in total. The molecule has 32 heavy (non-hydrogen) atoms. The summed E-state index contributed by atoms with van der Waals surface area (Å²) in [4.78, 5) is 28.6. The Morgan fingerprint density at radius 2 is 1.88 bits per heavy atom. The van der Waals surface area contributed by atoms with Crippen LogP contribution in [0.2, 0.25) is 0 Å². The lowest BCUT2D eigenvalue weighted by molar-refractivity contribution is -0.139. The molecular formula is C24H27ClN4O3. The summed E-state index contributed by atoms with van der Waals surface area (Å²) in [5.74, 6) is -0.0533. The number of carbonyl (C=O) groups excluding carboxylic acids is 2. The molecule has 3 aromatic rings. The van der Waals surface area contributed by atoms with Crippen molar-refractivity contribution in [2.75, 3.05) is 33.4 Å². The molecule has 1 aromatic heterocycles. The minimum Gasteiger partial charge on any atom is -0.375 e. The number of carbonyl (C=O) groups is 2. The highest BCUT2D eigenvalue weighted by Crippen LogP contribution is 2.19. The van der Waals surface area contributed by atoms with E-state index in [1.54, 1.807) is 4.90 Å². The lowest BCUT2D eigenvalue weighted by Gasteiger charge is -2.39. The van der Waals surface area contributed by atoms with Gasteiger partial charge in [-0.15, -0.1) is 12.4 Å². The number of hydrogen-bond acceptors (Lipinski definition) is 4. The number of aromatic nitrogens is 2. The number of piperazine rings is 1. The molecule has 168 valence electrons. The monoisotopic (exact) mass is 454 g/mol. The first-order valence-electron chi connectivity index (χ1n) is 10.4. The Labute approximate surface area is 193 Å². The molecule has 0 saturated carbocycles. The summed E-state index contributed by atoms with van der Waals surface area (Å²) in [6.07, 6.45) is 3.95. The van der Waals surface area contributed by atoms with Gasteiger partial charge < -0.3 is 14.5 Å². The number of rotatable bonds is 5. The van der Waals surface area contributed by atoms with E-state index in [1.165, 1.54) is 7.11 Å². The van der Waals surface area contributed by atoms with Crippen LogP contribution in [0.4, 0.5) is 0 Å². The molecule has 2 aromatic carbocycles. The van der Waals surface area contributed by atoms with Crippen molar-refractivity contribution >= 4 is 47.3 Å². The molecule has 8 heteroatoms. The van der Waals surface area contributed by atoms with E-state index < -0.39 is 0 Å². The molecule has 0 radical (unpaired) electrons. The first kappa shape index (κ1) is 23.5. The van der Waals surface area contributed by atoms with Gasteiger partial charge in [0, 0.05) is 43.7 Å². The van der Waals surface area contributed by atoms with Crippen LogP contribution in [0.3, 0.4) is 0 Å². The lowest BCUT2D eigenvalue weighted by atomic mass is 10.1. The van der Waals surface area contributed by atoms with Crippen molar-refractivity contribution in [3.05, 3.63) is 65.4 Å². The molecule has 7 nitrogen and oxygen atoms in total. The van der Waals surface area contributed by atoms with E-state index in [0.717, 1.165) is 22.2 Å². The fourth-order valence-corrected chi connectivity index (χ4v) is 3.93. The Balaban J connectivity index is 0.00000289. The van der Waals surface area contributed by atoms with E-state index >= 15 is 0 Å². The van der Waals surface area contributed by atoms with Crippen molar-refractivity contribution in [3.8, 4) is 0 Å². The fraction of sp³-hybridized carbons (Fsp3) is 0.292. The molecule has 1 aliphatic rings. The van der Waals surface area contributed by atoms with Crippen LogP contribution in [0.15, 0.2) is 48.5 Å². The van der Waals surface area contributed by atoms with Gasteiger partial charge in [-0.1, -0.05) is 36.4 Å². The van der Waals surface area contributed by atoms with E-state index in [2.05, 4.69) is 10.2 Å². The lowest BCUT2D eigenvalue weighted by Crippen LogP contribution is -2.56. The second kappa shape index (κ2) is 10.4. The van der Waals surface area contributed by atoms with Crippen LogP contribution in [0, 0.1) is 0 Å². The van der Waals surface area contributed by atoms with Gasteiger partial charge in [0.25, 0.3) is 5.91 Å². The highest BCUT2D eigenvalue weighted by Gasteiger charge is 2.29. The average molecular weight is 455 g/mol. The number of H-pyrrole nitrogens is 1. The summed E-state index contributed by atoms with van der Waals surface area (Å²) in [5, 5.41) is 8.44. The maximum Gasteiger partial charge on any atom is 0.253 e. The van der Waals surface area contributed by atoms with Gasteiger partial charge in [-0.2, -0.15) is 5.10 Å². The molecule has 0 aliphatic carbocycles. The summed E-state index contributed by atoms with van der Waals surface area (Å²) >= 11 is 0. The smallest absolute Gasteiger partial charge is 0.253 e. The molecule has 2 heterocycles. The molecule has 1 atom stereocenters.